The lowest BCUT2D eigenvalue weighted by molar-refractivity contribution is -0.131. The molecule has 2 aromatic rings. The first-order valence-corrected chi connectivity index (χ1v) is 10.9. The molecule has 0 aromatic heterocycles. The summed E-state index contributed by atoms with van der Waals surface area (Å²) in [6.45, 7) is 4.81. The Morgan fingerprint density at radius 2 is 1.70 bits per heavy atom. The largest absolute Gasteiger partial charge is 0.493 e. The summed E-state index contributed by atoms with van der Waals surface area (Å²) in [5.41, 5.74) is 1.60. The third-order valence-corrected chi connectivity index (χ3v) is 5.93. The maximum absolute atomic E-state index is 12.8. The lowest BCUT2D eigenvalue weighted by Crippen LogP contribution is -2.37. The van der Waals surface area contributed by atoms with Crippen molar-refractivity contribution in [2.75, 3.05) is 32.8 Å². The first kappa shape index (κ1) is 22.4. The Morgan fingerprint density at radius 3 is 2.47 bits per heavy atom. The van der Waals surface area contributed by atoms with Crippen molar-refractivity contribution in [1.82, 2.24) is 9.80 Å². The van der Waals surface area contributed by atoms with Crippen molar-refractivity contribution in [2.24, 2.45) is 0 Å². The summed E-state index contributed by atoms with van der Waals surface area (Å²) in [6, 6.07) is 12.8. The summed E-state index contributed by atoms with van der Waals surface area (Å²) in [7, 11) is 0. The molecule has 1 aliphatic rings. The summed E-state index contributed by atoms with van der Waals surface area (Å²) in [5, 5.41) is 0.786. The zero-order valence-electron chi connectivity index (χ0n) is 17.1. The third kappa shape index (κ3) is 5.89. The van der Waals surface area contributed by atoms with Gasteiger partial charge in [0.15, 0.2) is 0 Å². The summed E-state index contributed by atoms with van der Waals surface area (Å²) in [4.78, 5) is 29.0. The average molecular weight is 449 g/mol. The predicted molar refractivity (Wildman–Crippen MR) is 119 cm³/mol. The molecule has 0 aliphatic carbocycles. The molecule has 0 atom stereocenters. The van der Waals surface area contributed by atoms with Crippen molar-refractivity contribution in [3.8, 4) is 5.75 Å². The molecule has 160 valence electrons. The highest BCUT2D eigenvalue weighted by molar-refractivity contribution is 6.42. The van der Waals surface area contributed by atoms with Gasteiger partial charge in [0.05, 0.1) is 16.7 Å². The van der Waals surface area contributed by atoms with Crippen molar-refractivity contribution >= 4 is 35.0 Å². The molecule has 0 N–H and O–H groups in total. The van der Waals surface area contributed by atoms with Crippen molar-refractivity contribution in [3.05, 3.63) is 63.6 Å². The minimum Gasteiger partial charge on any atom is -0.493 e. The second kappa shape index (κ2) is 10.7. The molecular weight excluding hydrogens is 423 g/mol. The molecule has 2 amide bonds. The van der Waals surface area contributed by atoms with Gasteiger partial charge in [-0.25, -0.2) is 0 Å². The number of para-hydroxylation sites is 1. The van der Waals surface area contributed by atoms with Gasteiger partial charge >= 0.3 is 0 Å². The summed E-state index contributed by atoms with van der Waals surface area (Å²) in [6.07, 6.45) is 1.85. The second-order valence-corrected chi connectivity index (χ2v) is 8.19. The quantitative estimate of drug-likeness (QED) is 0.594. The van der Waals surface area contributed by atoms with E-state index in [9.17, 15) is 9.59 Å². The fourth-order valence-corrected chi connectivity index (χ4v) is 3.76. The molecule has 0 radical (unpaired) electrons. The number of rotatable bonds is 6. The van der Waals surface area contributed by atoms with E-state index >= 15 is 0 Å². The summed E-state index contributed by atoms with van der Waals surface area (Å²) < 4.78 is 5.77. The molecule has 1 aliphatic heterocycles. The molecule has 1 heterocycles. The standard InChI is InChI=1S/C23H26Cl2N2O3/c1-17-6-2-3-7-21(17)30-15-4-8-22(28)26-11-5-12-27(14-13-26)23(29)18-9-10-19(24)20(25)16-18/h2-3,6-7,9-10,16H,4-5,8,11-15H2,1H3. The van der Waals surface area contributed by atoms with Gasteiger partial charge < -0.3 is 14.5 Å². The number of amides is 2. The molecule has 3 rings (SSSR count). The van der Waals surface area contributed by atoms with E-state index in [4.69, 9.17) is 27.9 Å². The Bertz CT molecular complexity index is 904. The number of halogens is 2. The topological polar surface area (TPSA) is 49.9 Å². The summed E-state index contributed by atoms with van der Waals surface area (Å²) in [5.74, 6) is 0.873. The highest BCUT2D eigenvalue weighted by Crippen LogP contribution is 2.23. The van der Waals surface area contributed by atoms with Crippen LogP contribution in [0.5, 0.6) is 5.75 Å². The van der Waals surface area contributed by atoms with Crippen LogP contribution in [0.3, 0.4) is 0 Å². The average Bonchev–Trinajstić information content (AvgIpc) is 3.00. The molecule has 5 nitrogen and oxygen atoms in total. The second-order valence-electron chi connectivity index (χ2n) is 7.37. The third-order valence-electron chi connectivity index (χ3n) is 5.19. The number of carbonyl (C=O) groups is 2. The van der Waals surface area contributed by atoms with Crippen LogP contribution in [0.1, 0.15) is 35.2 Å². The van der Waals surface area contributed by atoms with Crippen LogP contribution in [0.25, 0.3) is 0 Å². The monoisotopic (exact) mass is 448 g/mol. The van der Waals surface area contributed by atoms with E-state index in [-0.39, 0.29) is 11.8 Å². The van der Waals surface area contributed by atoms with Crippen LogP contribution in [0.4, 0.5) is 0 Å². The first-order valence-electron chi connectivity index (χ1n) is 10.2. The zero-order valence-corrected chi connectivity index (χ0v) is 18.6. The number of ether oxygens (including phenoxy) is 1. The van der Waals surface area contributed by atoms with Gasteiger partial charge in [0, 0.05) is 38.2 Å². The number of hydrogen-bond acceptors (Lipinski definition) is 3. The van der Waals surface area contributed by atoms with Crippen molar-refractivity contribution < 1.29 is 14.3 Å². The minimum atomic E-state index is -0.0884. The molecule has 0 saturated carbocycles. The van der Waals surface area contributed by atoms with Crippen molar-refractivity contribution in [3.63, 3.8) is 0 Å². The van der Waals surface area contributed by atoms with E-state index in [1.54, 1.807) is 23.1 Å². The molecule has 30 heavy (non-hydrogen) atoms. The van der Waals surface area contributed by atoms with Gasteiger partial charge in [-0.1, -0.05) is 41.4 Å². The molecule has 1 fully saturated rings. The Labute approximate surface area is 187 Å². The Morgan fingerprint density at radius 1 is 0.967 bits per heavy atom. The van der Waals surface area contributed by atoms with E-state index in [1.165, 1.54) is 0 Å². The number of hydrogen-bond donors (Lipinski definition) is 0. The van der Waals surface area contributed by atoms with Gasteiger partial charge in [-0.2, -0.15) is 0 Å². The zero-order chi connectivity index (χ0) is 21.5. The Kier molecular flexibility index (Phi) is 8.00. The lowest BCUT2D eigenvalue weighted by atomic mass is 10.2. The van der Waals surface area contributed by atoms with Crippen LogP contribution < -0.4 is 4.74 Å². The van der Waals surface area contributed by atoms with E-state index in [1.807, 2.05) is 36.1 Å². The first-order chi connectivity index (χ1) is 14.5. The maximum Gasteiger partial charge on any atom is 0.253 e. The predicted octanol–water partition coefficient (Wildman–Crippen LogP) is 4.84. The van der Waals surface area contributed by atoms with E-state index < -0.39 is 0 Å². The molecule has 0 spiro atoms. The van der Waals surface area contributed by atoms with Crippen LogP contribution >= 0.6 is 23.2 Å². The fraction of sp³-hybridized carbons (Fsp3) is 0.391. The minimum absolute atomic E-state index is 0.0884. The number of aryl methyl sites for hydroxylation is 1. The van der Waals surface area contributed by atoms with Crippen LogP contribution in [-0.4, -0.2) is 54.4 Å². The van der Waals surface area contributed by atoms with Gasteiger partial charge in [-0.05, 0) is 49.6 Å². The van der Waals surface area contributed by atoms with Gasteiger partial charge in [-0.3, -0.25) is 9.59 Å². The molecule has 1 saturated heterocycles. The van der Waals surface area contributed by atoms with Crippen LogP contribution in [0.2, 0.25) is 10.0 Å². The van der Waals surface area contributed by atoms with Gasteiger partial charge in [-0.15, -0.1) is 0 Å². The molecule has 7 heteroatoms. The number of nitrogens with zero attached hydrogens (tertiary/aromatic N) is 2. The van der Waals surface area contributed by atoms with Crippen molar-refractivity contribution in [2.45, 2.75) is 26.2 Å². The van der Waals surface area contributed by atoms with Gasteiger partial charge in [0.25, 0.3) is 5.91 Å². The van der Waals surface area contributed by atoms with Gasteiger partial charge in [0.2, 0.25) is 5.91 Å². The normalized spacial score (nSPS) is 14.4. The highest BCUT2D eigenvalue weighted by Gasteiger charge is 2.23. The smallest absolute Gasteiger partial charge is 0.253 e. The van der Waals surface area contributed by atoms with Gasteiger partial charge in [0.1, 0.15) is 5.75 Å². The highest BCUT2D eigenvalue weighted by atomic mass is 35.5. The molecule has 0 unspecified atom stereocenters. The van der Waals surface area contributed by atoms with E-state index in [0.717, 1.165) is 17.7 Å². The van der Waals surface area contributed by atoms with Crippen LogP contribution in [0, 0.1) is 6.92 Å². The summed E-state index contributed by atoms with van der Waals surface area (Å²) >= 11 is 12.0. The maximum atomic E-state index is 12.8. The molecule has 2 aromatic carbocycles. The molecule has 0 bridgehead atoms. The molecular formula is C23H26Cl2N2O3. The van der Waals surface area contributed by atoms with Crippen molar-refractivity contribution in [1.29, 1.82) is 0 Å². The fourth-order valence-electron chi connectivity index (χ4n) is 3.46. The Hall–Kier alpha value is -2.24. The van der Waals surface area contributed by atoms with E-state index in [0.29, 0.717) is 61.2 Å². The Balaban J connectivity index is 1.46. The SMILES string of the molecule is Cc1ccccc1OCCCC(=O)N1CCCN(C(=O)c2ccc(Cl)c(Cl)c2)CC1. The number of benzene rings is 2. The van der Waals surface area contributed by atoms with E-state index in [2.05, 4.69) is 0 Å². The van der Waals surface area contributed by atoms with Crippen LogP contribution in [0.15, 0.2) is 42.5 Å². The number of carbonyl (C=O) groups excluding carboxylic acids is 2. The van der Waals surface area contributed by atoms with Crippen LogP contribution in [-0.2, 0) is 4.79 Å². The lowest BCUT2D eigenvalue weighted by Gasteiger charge is -2.22.